The molecule has 23 heavy (non-hydrogen) atoms. The lowest BCUT2D eigenvalue weighted by Gasteiger charge is -2.34. The van der Waals surface area contributed by atoms with E-state index in [0.717, 1.165) is 31.6 Å². The van der Waals surface area contributed by atoms with Gasteiger partial charge in [-0.2, -0.15) is 0 Å². The van der Waals surface area contributed by atoms with E-state index in [0.29, 0.717) is 24.6 Å². The number of anilines is 1. The number of rotatable bonds is 3. The van der Waals surface area contributed by atoms with Crippen molar-refractivity contribution in [2.24, 2.45) is 11.7 Å². The van der Waals surface area contributed by atoms with Crippen LogP contribution >= 0.6 is 0 Å². The van der Waals surface area contributed by atoms with Gasteiger partial charge in [0.15, 0.2) is 0 Å². The zero-order chi connectivity index (χ0) is 16.4. The number of benzene rings is 1. The van der Waals surface area contributed by atoms with E-state index < -0.39 is 0 Å². The maximum Gasteiger partial charge on any atom is 0.321 e. The quantitative estimate of drug-likeness (QED) is 0.885. The molecule has 1 aromatic rings. The molecule has 0 radical (unpaired) electrons. The third-order valence-electron chi connectivity index (χ3n) is 4.77. The molecule has 0 aromatic heterocycles. The van der Waals surface area contributed by atoms with Gasteiger partial charge in [0, 0.05) is 43.5 Å². The number of nitrogens with two attached hydrogens (primary N) is 1. The first-order valence-electron chi connectivity index (χ1n) is 8.26. The molecule has 2 aliphatic heterocycles. The van der Waals surface area contributed by atoms with Crippen LogP contribution in [0, 0.1) is 5.92 Å². The van der Waals surface area contributed by atoms with E-state index in [2.05, 4.69) is 5.32 Å². The second-order valence-corrected chi connectivity index (χ2v) is 6.44. The average molecular weight is 316 g/mol. The summed E-state index contributed by atoms with van der Waals surface area (Å²) in [6.45, 7) is 4.85. The van der Waals surface area contributed by atoms with E-state index in [9.17, 15) is 9.59 Å². The zero-order valence-electron chi connectivity index (χ0n) is 13.5. The fourth-order valence-corrected chi connectivity index (χ4v) is 3.31. The van der Waals surface area contributed by atoms with Gasteiger partial charge in [0.05, 0.1) is 0 Å². The van der Waals surface area contributed by atoms with Crippen molar-refractivity contribution in [3.05, 3.63) is 29.8 Å². The second kappa shape index (κ2) is 6.58. The molecule has 6 heteroatoms. The number of likely N-dealkylation sites (tertiary alicyclic amines) is 1. The summed E-state index contributed by atoms with van der Waals surface area (Å²) in [6, 6.07) is 7.31. The predicted molar refractivity (Wildman–Crippen MR) is 89.5 cm³/mol. The van der Waals surface area contributed by atoms with Crippen LogP contribution in [0.2, 0.25) is 0 Å². The van der Waals surface area contributed by atoms with Gasteiger partial charge in [0.1, 0.15) is 0 Å². The van der Waals surface area contributed by atoms with Crippen LogP contribution in [-0.4, -0.2) is 49.1 Å². The van der Waals surface area contributed by atoms with Crippen LogP contribution in [0.15, 0.2) is 24.3 Å². The van der Waals surface area contributed by atoms with Crippen LogP contribution in [-0.2, 0) is 0 Å². The van der Waals surface area contributed by atoms with E-state index in [1.807, 2.05) is 24.0 Å². The van der Waals surface area contributed by atoms with E-state index in [-0.39, 0.29) is 18.0 Å². The minimum atomic E-state index is -0.0834. The van der Waals surface area contributed by atoms with Crippen molar-refractivity contribution >= 4 is 17.6 Å². The number of urea groups is 1. The fraction of sp³-hybridized carbons (Fsp3) is 0.529. The molecule has 3 amide bonds. The normalized spacial score (nSPS) is 22.9. The molecule has 0 unspecified atom stereocenters. The van der Waals surface area contributed by atoms with Crippen LogP contribution in [0.25, 0.3) is 0 Å². The minimum absolute atomic E-state index is 0.0489. The SMILES string of the molecule is C[C@H](N)[C@H]1CCCN(C(=O)c2ccc(N3CCNC3=O)cc2)C1. The van der Waals surface area contributed by atoms with E-state index in [1.165, 1.54) is 0 Å². The van der Waals surface area contributed by atoms with Gasteiger partial charge in [-0.25, -0.2) is 4.79 Å². The van der Waals surface area contributed by atoms with Gasteiger partial charge in [-0.15, -0.1) is 0 Å². The maximum absolute atomic E-state index is 12.7. The topological polar surface area (TPSA) is 78.7 Å². The molecule has 3 rings (SSSR count). The number of carbonyl (C=O) groups is 2. The highest BCUT2D eigenvalue weighted by atomic mass is 16.2. The van der Waals surface area contributed by atoms with Crippen molar-refractivity contribution in [2.45, 2.75) is 25.8 Å². The van der Waals surface area contributed by atoms with Gasteiger partial charge in [-0.05, 0) is 49.9 Å². The molecule has 0 aliphatic carbocycles. The largest absolute Gasteiger partial charge is 0.338 e. The summed E-state index contributed by atoms with van der Waals surface area (Å²) in [7, 11) is 0. The van der Waals surface area contributed by atoms with E-state index in [1.54, 1.807) is 17.0 Å². The number of piperidine rings is 1. The van der Waals surface area contributed by atoms with Crippen molar-refractivity contribution < 1.29 is 9.59 Å². The molecule has 2 aliphatic rings. The first-order chi connectivity index (χ1) is 11.1. The van der Waals surface area contributed by atoms with E-state index >= 15 is 0 Å². The average Bonchev–Trinajstić information content (AvgIpc) is 3.00. The highest BCUT2D eigenvalue weighted by Gasteiger charge is 2.27. The minimum Gasteiger partial charge on any atom is -0.338 e. The highest BCUT2D eigenvalue weighted by molar-refractivity contribution is 5.97. The molecular formula is C17H24N4O2. The van der Waals surface area contributed by atoms with Crippen LogP contribution in [0.1, 0.15) is 30.1 Å². The van der Waals surface area contributed by atoms with E-state index in [4.69, 9.17) is 5.73 Å². The Labute approximate surface area is 136 Å². The second-order valence-electron chi connectivity index (χ2n) is 6.44. The fourth-order valence-electron chi connectivity index (χ4n) is 3.31. The molecule has 0 saturated carbocycles. The first-order valence-corrected chi connectivity index (χ1v) is 8.26. The molecule has 6 nitrogen and oxygen atoms in total. The summed E-state index contributed by atoms with van der Waals surface area (Å²) < 4.78 is 0. The smallest absolute Gasteiger partial charge is 0.321 e. The maximum atomic E-state index is 12.7. The van der Waals surface area contributed by atoms with Gasteiger partial charge < -0.3 is 16.0 Å². The molecule has 1 aromatic carbocycles. The Balaban J connectivity index is 1.69. The zero-order valence-corrected chi connectivity index (χ0v) is 13.5. The third kappa shape index (κ3) is 3.32. The molecular weight excluding hydrogens is 292 g/mol. The van der Waals surface area contributed by atoms with Gasteiger partial charge >= 0.3 is 6.03 Å². The molecule has 0 spiro atoms. The van der Waals surface area contributed by atoms with Crippen LogP contribution < -0.4 is 16.0 Å². The number of carbonyl (C=O) groups excluding carboxylic acids is 2. The Hall–Kier alpha value is -2.08. The lowest BCUT2D eigenvalue weighted by Crippen LogP contribution is -2.45. The Morgan fingerprint density at radius 1 is 1.30 bits per heavy atom. The lowest BCUT2D eigenvalue weighted by atomic mass is 9.92. The van der Waals surface area contributed by atoms with Crippen molar-refractivity contribution in [3.8, 4) is 0 Å². The molecule has 0 bridgehead atoms. The van der Waals surface area contributed by atoms with Gasteiger partial charge in [-0.3, -0.25) is 9.69 Å². The first kappa shape index (κ1) is 15.8. The number of hydrogen-bond donors (Lipinski definition) is 2. The number of hydrogen-bond acceptors (Lipinski definition) is 3. The Morgan fingerprint density at radius 3 is 2.65 bits per heavy atom. The summed E-state index contributed by atoms with van der Waals surface area (Å²) in [5.41, 5.74) is 7.48. The van der Waals surface area contributed by atoms with Gasteiger partial charge in [-0.1, -0.05) is 0 Å². The van der Waals surface area contributed by atoms with Crippen LogP contribution in [0.3, 0.4) is 0 Å². The summed E-state index contributed by atoms with van der Waals surface area (Å²) in [4.78, 5) is 27.9. The standard InChI is InChI=1S/C17H24N4O2/c1-12(18)14-3-2-9-20(11-14)16(22)13-4-6-15(7-5-13)21-10-8-19-17(21)23/h4-7,12,14H,2-3,8-11,18H2,1H3,(H,19,23)/t12-,14-/m0/s1. The summed E-state index contributed by atoms with van der Waals surface area (Å²) >= 11 is 0. The Kier molecular flexibility index (Phi) is 4.52. The third-order valence-corrected chi connectivity index (χ3v) is 4.77. The van der Waals surface area contributed by atoms with Crippen LogP contribution in [0.4, 0.5) is 10.5 Å². The number of nitrogens with zero attached hydrogens (tertiary/aromatic N) is 2. The van der Waals surface area contributed by atoms with Crippen molar-refractivity contribution in [2.75, 3.05) is 31.1 Å². The summed E-state index contributed by atoms with van der Waals surface area (Å²) in [5.74, 6) is 0.424. The molecule has 3 N–H and O–H groups in total. The van der Waals surface area contributed by atoms with Crippen molar-refractivity contribution in [1.29, 1.82) is 0 Å². The predicted octanol–water partition coefficient (Wildman–Crippen LogP) is 1.42. The van der Waals surface area contributed by atoms with Gasteiger partial charge in [0.25, 0.3) is 5.91 Å². The summed E-state index contributed by atoms with van der Waals surface area (Å²) in [6.07, 6.45) is 2.09. The lowest BCUT2D eigenvalue weighted by molar-refractivity contribution is 0.0661. The number of nitrogens with one attached hydrogen (secondary N) is 1. The van der Waals surface area contributed by atoms with Crippen molar-refractivity contribution in [1.82, 2.24) is 10.2 Å². The Morgan fingerprint density at radius 2 is 2.04 bits per heavy atom. The number of amides is 3. The molecule has 124 valence electrons. The monoisotopic (exact) mass is 316 g/mol. The summed E-state index contributed by atoms with van der Waals surface area (Å²) in [5, 5.41) is 2.77. The van der Waals surface area contributed by atoms with Crippen molar-refractivity contribution in [3.63, 3.8) is 0 Å². The highest BCUT2D eigenvalue weighted by Crippen LogP contribution is 2.22. The Bertz CT molecular complexity index is 585. The molecule has 2 heterocycles. The molecule has 2 fully saturated rings. The molecule has 2 atom stereocenters. The van der Waals surface area contributed by atoms with Crippen LogP contribution in [0.5, 0.6) is 0 Å². The van der Waals surface area contributed by atoms with Gasteiger partial charge in [0.2, 0.25) is 0 Å². The molecule has 2 saturated heterocycles.